The topological polar surface area (TPSA) is 102 Å². The number of ether oxygens (including phenoxy) is 1. The van der Waals surface area contributed by atoms with E-state index in [0.29, 0.717) is 19.4 Å². The summed E-state index contributed by atoms with van der Waals surface area (Å²) in [5.41, 5.74) is -0.0660. The van der Waals surface area contributed by atoms with Gasteiger partial charge in [0.05, 0.1) is 17.6 Å². The van der Waals surface area contributed by atoms with Gasteiger partial charge in [-0.2, -0.15) is 4.72 Å². The highest BCUT2D eigenvalue weighted by Crippen LogP contribution is 2.17. The summed E-state index contributed by atoms with van der Waals surface area (Å²) in [6, 6.07) is 4.88. The summed E-state index contributed by atoms with van der Waals surface area (Å²) in [6.45, 7) is 0.538. The molecule has 1 amide bonds. The van der Waals surface area contributed by atoms with Crippen molar-refractivity contribution in [2.45, 2.75) is 23.8 Å². The highest BCUT2D eigenvalue weighted by molar-refractivity contribution is 7.89. The van der Waals surface area contributed by atoms with Crippen LogP contribution in [0.1, 0.15) is 23.2 Å². The first kappa shape index (κ1) is 15.5. The SMILES string of the molecule is COC(=O)c1ccccc1S(=O)(=O)NC1CCCNC1=O. The van der Waals surface area contributed by atoms with Crippen molar-refractivity contribution in [1.29, 1.82) is 0 Å². The number of carbonyl (C=O) groups is 2. The van der Waals surface area contributed by atoms with E-state index in [9.17, 15) is 18.0 Å². The van der Waals surface area contributed by atoms with E-state index >= 15 is 0 Å². The fraction of sp³-hybridized carbons (Fsp3) is 0.385. The quantitative estimate of drug-likeness (QED) is 0.764. The highest BCUT2D eigenvalue weighted by atomic mass is 32.2. The van der Waals surface area contributed by atoms with Gasteiger partial charge >= 0.3 is 5.97 Å². The van der Waals surface area contributed by atoms with Crippen LogP contribution in [-0.4, -0.2) is 40.0 Å². The van der Waals surface area contributed by atoms with E-state index in [1.807, 2.05) is 0 Å². The normalized spacial score (nSPS) is 18.9. The maximum atomic E-state index is 12.4. The number of hydrogen-bond acceptors (Lipinski definition) is 5. The number of amides is 1. The Morgan fingerprint density at radius 3 is 2.76 bits per heavy atom. The van der Waals surface area contributed by atoms with Crippen molar-refractivity contribution in [3.8, 4) is 0 Å². The molecule has 0 bridgehead atoms. The molecule has 0 aromatic heterocycles. The molecule has 7 nitrogen and oxygen atoms in total. The second-order valence-corrected chi connectivity index (χ2v) is 6.28. The molecule has 2 N–H and O–H groups in total. The first-order valence-electron chi connectivity index (χ1n) is 6.43. The fourth-order valence-corrected chi connectivity index (χ4v) is 3.54. The van der Waals surface area contributed by atoms with Crippen molar-refractivity contribution in [1.82, 2.24) is 10.0 Å². The van der Waals surface area contributed by atoms with Crippen LogP contribution in [0.5, 0.6) is 0 Å². The molecule has 1 atom stereocenters. The van der Waals surface area contributed by atoms with Gasteiger partial charge in [-0.15, -0.1) is 0 Å². The van der Waals surface area contributed by atoms with Crippen LogP contribution >= 0.6 is 0 Å². The second-order valence-electron chi connectivity index (χ2n) is 4.59. The van der Waals surface area contributed by atoms with Gasteiger partial charge in [0, 0.05) is 6.54 Å². The summed E-state index contributed by atoms with van der Waals surface area (Å²) < 4.78 is 31.7. The van der Waals surface area contributed by atoms with Gasteiger partial charge in [0.25, 0.3) is 0 Å². The van der Waals surface area contributed by atoms with E-state index < -0.39 is 22.0 Å². The maximum Gasteiger partial charge on any atom is 0.339 e. The Hall–Kier alpha value is -1.93. The van der Waals surface area contributed by atoms with Crippen molar-refractivity contribution in [2.75, 3.05) is 13.7 Å². The Morgan fingerprint density at radius 2 is 2.10 bits per heavy atom. The largest absolute Gasteiger partial charge is 0.465 e. The van der Waals surface area contributed by atoms with Crippen LogP contribution in [-0.2, 0) is 19.6 Å². The predicted molar refractivity (Wildman–Crippen MR) is 74.1 cm³/mol. The molecule has 114 valence electrons. The van der Waals surface area contributed by atoms with Crippen LogP contribution in [0.2, 0.25) is 0 Å². The summed E-state index contributed by atoms with van der Waals surface area (Å²) in [5.74, 6) is -1.11. The molecule has 1 aromatic rings. The van der Waals surface area contributed by atoms with E-state index in [-0.39, 0.29) is 16.4 Å². The molecule has 1 unspecified atom stereocenters. The van der Waals surface area contributed by atoms with Crippen LogP contribution in [0.3, 0.4) is 0 Å². The zero-order valence-electron chi connectivity index (χ0n) is 11.5. The van der Waals surface area contributed by atoms with E-state index in [1.54, 1.807) is 6.07 Å². The van der Waals surface area contributed by atoms with Crippen molar-refractivity contribution in [2.24, 2.45) is 0 Å². The Kier molecular flexibility index (Phi) is 4.59. The molecule has 21 heavy (non-hydrogen) atoms. The van der Waals surface area contributed by atoms with Gasteiger partial charge in [0.15, 0.2) is 0 Å². The molecule has 0 saturated carbocycles. The third-order valence-corrected chi connectivity index (χ3v) is 4.69. The average Bonchev–Trinajstić information content (AvgIpc) is 2.48. The number of piperidine rings is 1. The molecule has 0 radical (unpaired) electrons. The lowest BCUT2D eigenvalue weighted by molar-refractivity contribution is -0.124. The van der Waals surface area contributed by atoms with E-state index in [4.69, 9.17) is 0 Å². The minimum atomic E-state index is -3.99. The molecule has 1 aromatic carbocycles. The Balaban J connectivity index is 2.31. The van der Waals surface area contributed by atoms with E-state index in [0.717, 1.165) is 0 Å². The number of rotatable bonds is 4. The lowest BCUT2D eigenvalue weighted by Crippen LogP contribution is -2.50. The molecular formula is C13H16N2O5S. The van der Waals surface area contributed by atoms with Gasteiger partial charge < -0.3 is 10.1 Å². The van der Waals surface area contributed by atoms with Gasteiger partial charge in [-0.1, -0.05) is 12.1 Å². The van der Waals surface area contributed by atoms with Crippen LogP contribution < -0.4 is 10.0 Å². The van der Waals surface area contributed by atoms with E-state index in [2.05, 4.69) is 14.8 Å². The maximum absolute atomic E-state index is 12.4. The monoisotopic (exact) mass is 312 g/mol. The van der Waals surface area contributed by atoms with Crippen molar-refractivity contribution in [3.05, 3.63) is 29.8 Å². The second kappa shape index (κ2) is 6.23. The minimum absolute atomic E-state index is 0.0660. The van der Waals surface area contributed by atoms with Gasteiger partial charge in [-0.3, -0.25) is 4.79 Å². The van der Waals surface area contributed by atoms with Gasteiger partial charge in [-0.05, 0) is 25.0 Å². The fourth-order valence-electron chi connectivity index (χ4n) is 2.11. The molecule has 1 fully saturated rings. The zero-order valence-corrected chi connectivity index (χ0v) is 12.3. The van der Waals surface area contributed by atoms with Crippen LogP contribution in [0.15, 0.2) is 29.2 Å². The summed E-state index contributed by atoms with van der Waals surface area (Å²) in [7, 11) is -2.82. The van der Waals surface area contributed by atoms with E-state index in [1.165, 1.54) is 25.3 Å². The average molecular weight is 312 g/mol. The Morgan fingerprint density at radius 1 is 1.38 bits per heavy atom. The number of carbonyl (C=O) groups excluding carboxylic acids is 2. The molecule has 1 aliphatic heterocycles. The van der Waals surface area contributed by atoms with Crippen LogP contribution in [0.25, 0.3) is 0 Å². The Bertz CT molecular complexity index is 656. The standard InChI is InChI=1S/C13H16N2O5S/c1-20-13(17)9-5-2-3-7-11(9)21(18,19)15-10-6-4-8-14-12(10)16/h2-3,5,7,10,15H,4,6,8H2,1H3,(H,14,16). The van der Waals surface area contributed by atoms with Gasteiger partial charge in [0.1, 0.15) is 6.04 Å². The lowest BCUT2D eigenvalue weighted by Gasteiger charge is -2.23. The first-order chi connectivity index (χ1) is 9.95. The van der Waals surface area contributed by atoms with Crippen molar-refractivity contribution >= 4 is 21.9 Å². The molecule has 1 aliphatic rings. The third kappa shape index (κ3) is 3.40. The molecule has 1 heterocycles. The molecule has 2 rings (SSSR count). The molecule has 0 aliphatic carbocycles. The van der Waals surface area contributed by atoms with Gasteiger partial charge in [-0.25, -0.2) is 13.2 Å². The first-order valence-corrected chi connectivity index (χ1v) is 7.91. The smallest absolute Gasteiger partial charge is 0.339 e. The molecule has 8 heteroatoms. The summed E-state index contributed by atoms with van der Waals surface area (Å²) >= 11 is 0. The molecule has 1 saturated heterocycles. The highest BCUT2D eigenvalue weighted by Gasteiger charge is 2.30. The van der Waals surface area contributed by atoms with Crippen molar-refractivity contribution < 1.29 is 22.7 Å². The summed E-state index contributed by atoms with van der Waals surface area (Å²) in [5, 5.41) is 2.60. The van der Waals surface area contributed by atoms with Crippen molar-refractivity contribution in [3.63, 3.8) is 0 Å². The van der Waals surface area contributed by atoms with Gasteiger partial charge in [0.2, 0.25) is 15.9 Å². The number of sulfonamides is 1. The molecular weight excluding hydrogens is 296 g/mol. The number of nitrogens with one attached hydrogen (secondary N) is 2. The van der Waals surface area contributed by atoms with Crippen LogP contribution in [0.4, 0.5) is 0 Å². The lowest BCUT2D eigenvalue weighted by atomic mass is 10.1. The summed E-state index contributed by atoms with van der Waals surface area (Å²) in [6.07, 6.45) is 1.11. The Labute approximate surface area is 122 Å². The third-order valence-electron chi connectivity index (χ3n) is 3.16. The number of benzene rings is 1. The molecule has 0 spiro atoms. The minimum Gasteiger partial charge on any atom is -0.465 e. The van der Waals surface area contributed by atoms with Crippen LogP contribution in [0, 0.1) is 0 Å². The predicted octanol–water partition coefficient (Wildman–Crippen LogP) is 0.0301. The summed E-state index contributed by atoms with van der Waals surface area (Å²) in [4.78, 5) is 23.1. The zero-order chi connectivity index (χ0) is 15.5. The number of methoxy groups -OCH3 is 1. The number of hydrogen-bond donors (Lipinski definition) is 2. The number of esters is 1.